The number of rotatable bonds is 14. The van der Waals surface area contributed by atoms with Gasteiger partial charge in [-0.2, -0.15) is 0 Å². The number of carbonyl (C=O) groups excluding carboxylic acids is 1. The molecule has 0 aliphatic rings. The first kappa shape index (κ1) is 20.5. The molecule has 1 atom stereocenters. The van der Waals surface area contributed by atoms with Gasteiger partial charge in [-0.3, -0.25) is 4.79 Å². The Morgan fingerprint density at radius 2 is 1.43 bits per heavy atom. The second-order valence-electron chi connectivity index (χ2n) is 6.38. The molecule has 0 aromatic heterocycles. The standard InChI is InChI=1S/C19H38O2/c1-5-9-13-18(8-4)16-21-19(20)15-12-10-11-14-17(6-2)7-3/h17-18H,5-16H2,1-4H3. The van der Waals surface area contributed by atoms with Crippen LogP contribution in [-0.4, -0.2) is 12.6 Å². The van der Waals surface area contributed by atoms with Gasteiger partial charge in [0.15, 0.2) is 0 Å². The molecule has 0 aromatic carbocycles. The van der Waals surface area contributed by atoms with Gasteiger partial charge in [0.25, 0.3) is 0 Å². The fourth-order valence-electron chi connectivity index (χ4n) is 2.76. The Bertz CT molecular complexity index is 234. The molecule has 0 fully saturated rings. The van der Waals surface area contributed by atoms with Crippen molar-refractivity contribution >= 4 is 5.97 Å². The molecule has 0 spiro atoms. The monoisotopic (exact) mass is 298 g/mol. The Balaban J connectivity index is 3.57. The van der Waals surface area contributed by atoms with Gasteiger partial charge in [-0.05, 0) is 24.7 Å². The molecule has 0 aromatic rings. The third-order valence-electron chi connectivity index (χ3n) is 4.67. The molecule has 0 rings (SSSR count). The summed E-state index contributed by atoms with van der Waals surface area (Å²) in [6.07, 6.45) is 12.7. The summed E-state index contributed by atoms with van der Waals surface area (Å²) in [5.74, 6) is 1.44. The van der Waals surface area contributed by atoms with Gasteiger partial charge in [0.2, 0.25) is 0 Å². The summed E-state index contributed by atoms with van der Waals surface area (Å²) in [5.41, 5.74) is 0. The normalized spacial score (nSPS) is 12.6. The molecule has 0 radical (unpaired) electrons. The zero-order chi connectivity index (χ0) is 15.9. The molecule has 0 amide bonds. The minimum absolute atomic E-state index is 0.00693. The molecule has 0 heterocycles. The smallest absolute Gasteiger partial charge is 0.305 e. The van der Waals surface area contributed by atoms with E-state index >= 15 is 0 Å². The van der Waals surface area contributed by atoms with Crippen LogP contribution in [0.5, 0.6) is 0 Å². The Labute approximate surface area is 133 Å². The quantitative estimate of drug-likeness (QED) is 0.285. The van der Waals surface area contributed by atoms with Gasteiger partial charge in [0, 0.05) is 6.42 Å². The molecule has 2 heteroatoms. The van der Waals surface area contributed by atoms with Crippen LogP contribution in [0.4, 0.5) is 0 Å². The lowest BCUT2D eigenvalue weighted by Crippen LogP contribution is -2.13. The lowest BCUT2D eigenvalue weighted by molar-refractivity contribution is -0.145. The fraction of sp³-hybridized carbons (Fsp3) is 0.947. The highest BCUT2D eigenvalue weighted by Gasteiger charge is 2.10. The first-order chi connectivity index (χ1) is 10.2. The molecule has 0 N–H and O–H groups in total. The van der Waals surface area contributed by atoms with Crippen LogP contribution in [0.2, 0.25) is 0 Å². The predicted octanol–water partition coefficient (Wildman–Crippen LogP) is 6.13. The van der Waals surface area contributed by atoms with Crippen molar-refractivity contribution in [3.63, 3.8) is 0 Å². The van der Waals surface area contributed by atoms with Crippen LogP contribution in [0.1, 0.15) is 98.3 Å². The van der Waals surface area contributed by atoms with Crippen molar-refractivity contribution in [2.75, 3.05) is 6.61 Å². The number of hydrogen-bond donors (Lipinski definition) is 0. The Kier molecular flexibility index (Phi) is 14.0. The molecule has 1 unspecified atom stereocenters. The first-order valence-corrected chi connectivity index (χ1v) is 9.33. The van der Waals surface area contributed by atoms with Crippen molar-refractivity contribution in [3.05, 3.63) is 0 Å². The van der Waals surface area contributed by atoms with Crippen LogP contribution < -0.4 is 0 Å². The molecular formula is C19H38O2. The summed E-state index contributed by atoms with van der Waals surface area (Å²) < 4.78 is 5.42. The maximum Gasteiger partial charge on any atom is 0.305 e. The number of carbonyl (C=O) groups is 1. The van der Waals surface area contributed by atoms with Gasteiger partial charge in [0.05, 0.1) is 6.61 Å². The number of hydrogen-bond acceptors (Lipinski definition) is 2. The van der Waals surface area contributed by atoms with Crippen molar-refractivity contribution in [1.82, 2.24) is 0 Å². The van der Waals surface area contributed by atoms with Crippen LogP contribution in [-0.2, 0) is 9.53 Å². The summed E-state index contributed by atoms with van der Waals surface area (Å²) in [6.45, 7) is 9.57. The molecule has 0 saturated carbocycles. The van der Waals surface area contributed by atoms with Crippen molar-refractivity contribution < 1.29 is 9.53 Å². The predicted molar refractivity (Wildman–Crippen MR) is 91.4 cm³/mol. The first-order valence-electron chi connectivity index (χ1n) is 9.33. The molecule has 126 valence electrons. The van der Waals surface area contributed by atoms with Gasteiger partial charge >= 0.3 is 5.97 Å². The van der Waals surface area contributed by atoms with Gasteiger partial charge < -0.3 is 4.74 Å². The Morgan fingerprint density at radius 3 is 2.00 bits per heavy atom. The fourth-order valence-corrected chi connectivity index (χ4v) is 2.76. The van der Waals surface area contributed by atoms with Crippen LogP contribution in [0, 0.1) is 11.8 Å². The van der Waals surface area contributed by atoms with Crippen molar-refractivity contribution in [1.29, 1.82) is 0 Å². The molecule has 0 saturated heterocycles. The van der Waals surface area contributed by atoms with Crippen molar-refractivity contribution in [3.8, 4) is 0 Å². The average Bonchev–Trinajstić information content (AvgIpc) is 2.51. The molecule has 21 heavy (non-hydrogen) atoms. The number of unbranched alkanes of at least 4 members (excludes halogenated alkanes) is 3. The number of ether oxygens (including phenoxy) is 1. The van der Waals surface area contributed by atoms with Gasteiger partial charge in [-0.15, -0.1) is 0 Å². The zero-order valence-electron chi connectivity index (χ0n) is 15.0. The van der Waals surface area contributed by atoms with Crippen LogP contribution in [0.3, 0.4) is 0 Å². The van der Waals surface area contributed by atoms with E-state index in [0.717, 1.165) is 18.8 Å². The molecule has 0 aliphatic heterocycles. The van der Waals surface area contributed by atoms with E-state index in [0.29, 0.717) is 18.9 Å². The zero-order valence-corrected chi connectivity index (χ0v) is 15.0. The largest absolute Gasteiger partial charge is 0.465 e. The van der Waals surface area contributed by atoms with E-state index in [1.165, 1.54) is 51.4 Å². The summed E-state index contributed by atoms with van der Waals surface area (Å²) in [5, 5.41) is 0. The SMILES string of the molecule is CCCCC(CC)COC(=O)CCCCCC(CC)CC. The van der Waals surface area contributed by atoms with E-state index in [2.05, 4.69) is 27.7 Å². The van der Waals surface area contributed by atoms with Gasteiger partial charge in [-0.25, -0.2) is 0 Å². The van der Waals surface area contributed by atoms with E-state index < -0.39 is 0 Å². The molecular weight excluding hydrogens is 260 g/mol. The van der Waals surface area contributed by atoms with Crippen molar-refractivity contribution in [2.45, 2.75) is 98.3 Å². The summed E-state index contributed by atoms with van der Waals surface area (Å²) in [6, 6.07) is 0. The third kappa shape index (κ3) is 11.8. The van der Waals surface area contributed by atoms with Crippen LogP contribution in [0.25, 0.3) is 0 Å². The number of esters is 1. The highest BCUT2D eigenvalue weighted by Crippen LogP contribution is 2.17. The highest BCUT2D eigenvalue weighted by molar-refractivity contribution is 5.69. The van der Waals surface area contributed by atoms with Crippen LogP contribution >= 0.6 is 0 Å². The van der Waals surface area contributed by atoms with Gasteiger partial charge in [-0.1, -0.05) is 79.1 Å². The van der Waals surface area contributed by atoms with E-state index in [-0.39, 0.29) is 5.97 Å². The Morgan fingerprint density at radius 1 is 0.810 bits per heavy atom. The second-order valence-corrected chi connectivity index (χ2v) is 6.38. The summed E-state index contributed by atoms with van der Waals surface area (Å²) in [4.78, 5) is 11.7. The molecule has 0 aliphatic carbocycles. The van der Waals surface area contributed by atoms with Crippen molar-refractivity contribution in [2.24, 2.45) is 11.8 Å². The lowest BCUT2D eigenvalue weighted by Gasteiger charge is -2.14. The summed E-state index contributed by atoms with van der Waals surface area (Å²) >= 11 is 0. The summed E-state index contributed by atoms with van der Waals surface area (Å²) in [7, 11) is 0. The Hall–Kier alpha value is -0.530. The maximum absolute atomic E-state index is 11.7. The van der Waals surface area contributed by atoms with Gasteiger partial charge in [0.1, 0.15) is 0 Å². The third-order valence-corrected chi connectivity index (χ3v) is 4.67. The highest BCUT2D eigenvalue weighted by atomic mass is 16.5. The lowest BCUT2D eigenvalue weighted by atomic mass is 9.96. The molecule has 2 nitrogen and oxygen atoms in total. The van der Waals surface area contributed by atoms with E-state index in [1.807, 2.05) is 0 Å². The minimum atomic E-state index is 0.00693. The molecule has 0 bridgehead atoms. The second kappa shape index (κ2) is 14.4. The van der Waals surface area contributed by atoms with E-state index in [4.69, 9.17) is 4.74 Å². The minimum Gasteiger partial charge on any atom is -0.465 e. The van der Waals surface area contributed by atoms with E-state index in [9.17, 15) is 4.79 Å². The topological polar surface area (TPSA) is 26.3 Å². The average molecular weight is 299 g/mol. The van der Waals surface area contributed by atoms with Crippen LogP contribution in [0.15, 0.2) is 0 Å². The van der Waals surface area contributed by atoms with E-state index in [1.54, 1.807) is 0 Å². The maximum atomic E-state index is 11.7.